The summed E-state index contributed by atoms with van der Waals surface area (Å²) in [4.78, 5) is 22.6. The summed E-state index contributed by atoms with van der Waals surface area (Å²) >= 11 is 0. The Morgan fingerprint density at radius 3 is 2.57 bits per heavy atom. The van der Waals surface area contributed by atoms with Crippen LogP contribution in [0.2, 0.25) is 0 Å². The SMILES string of the molecule is COC(=O)CC(=O)C1CC2CCC1C2. The van der Waals surface area contributed by atoms with E-state index in [2.05, 4.69) is 4.74 Å². The minimum Gasteiger partial charge on any atom is -0.469 e. The molecule has 78 valence electrons. The van der Waals surface area contributed by atoms with Crippen molar-refractivity contribution in [2.24, 2.45) is 17.8 Å². The van der Waals surface area contributed by atoms with E-state index in [1.807, 2.05) is 0 Å². The third kappa shape index (κ3) is 1.68. The number of Topliss-reactive ketones (excluding diaryl/α,β-unsaturated/α-hetero) is 1. The zero-order valence-electron chi connectivity index (χ0n) is 8.49. The first kappa shape index (κ1) is 9.69. The zero-order chi connectivity index (χ0) is 10.1. The maximum atomic E-state index is 11.7. The lowest BCUT2D eigenvalue weighted by Crippen LogP contribution is -2.23. The number of carbonyl (C=O) groups is 2. The van der Waals surface area contributed by atoms with Gasteiger partial charge in [0.05, 0.1) is 7.11 Å². The third-order valence-electron chi connectivity index (χ3n) is 3.70. The summed E-state index contributed by atoms with van der Waals surface area (Å²) < 4.78 is 4.50. The van der Waals surface area contributed by atoms with Gasteiger partial charge in [-0.1, -0.05) is 6.42 Å². The molecule has 0 heterocycles. The normalized spacial score (nSPS) is 34.5. The molecule has 0 radical (unpaired) electrons. The Morgan fingerprint density at radius 1 is 1.29 bits per heavy atom. The number of ether oxygens (including phenoxy) is 1. The molecule has 0 spiro atoms. The molecule has 0 aromatic heterocycles. The summed E-state index contributed by atoms with van der Waals surface area (Å²) in [7, 11) is 1.33. The Morgan fingerprint density at radius 2 is 2.07 bits per heavy atom. The van der Waals surface area contributed by atoms with Crippen LogP contribution < -0.4 is 0 Å². The van der Waals surface area contributed by atoms with E-state index in [4.69, 9.17) is 0 Å². The maximum Gasteiger partial charge on any atom is 0.313 e. The number of hydrogen-bond donors (Lipinski definition) is 0. The Balaban J connectivity index is 1.90. The van der Waals surface area contributed by atoms with Crippen LogP contribution >= 0.6 is 0 Å². The Labute approximate surface area is 83.8 Å². The van der Waals surface area contributed by atoms with Crippen molar-refractivity contribution in [3.05, 3.63) is 0 Å². The predicted molar refractivity (Wildman–Crippen MR) is 50.6 cm³/mol. The number of methoxy groups -OCH3 is 1. The summed E-state index contributed by atoms with van der Waals surface area (Å²) in [5.41, 5.74) is 0. The lowest BCUT2D eigenvalue weighted by Gasteiger charge is -2.19. The number of fused-ring (bicyclic) bond motifs is 2. The van der Waals surface area contributed by atoms with Crippen molar-refractivity contribution in [3.8, 4) is 0 Å². The minimum absolute atomic E-state index is 0.0234. The van der Waals surface area contributed by atoms with Gasteiger partial charge in [-0.05, 0) is 31.1 Å². The van der Waals surface area contributed by atoms with E-state index in [0.717, 1.165) is 12.3 Å². The lowest BCUT2D eigenvalue weighted by atomic mass is 9.85. The largest absolute Gasteiger partial charge is 0.469 e. The van der Waals surface area contributed by atoms with Crippen LogP contribution in [0.4, 0.5) is 0 Å². The van der Waals surface area contributed by atoms with Crippen molar-refractivity contribution < 1.29 is 14.3 Å². The molecule has 0 aliphatic heterocycles. The summed E-state index contributed by atoms with van der Waals surface area (Å²) in [5, 5.41) is 0. The molecule has 3 heteroatoms. The molecule has 3 unspecified atom stereocenters. The van der Waals surface area contributed by atoms with Gasteiger partial charge in [-0.15, -0.1) is 0 Å². The van der Waals surface area contributed by atoms with Gasteiger partial charge in [-0.2, -0.15) is 0 Å². The highest BCUT2D eigenvalue weighted by atomic mass is 16.5. The van der Waals surface area contributed by atoms with E-state index in [1.165, 1.54) is 26.4 Å². The molecule has 14 heavy (non-hydrogen) atoms. The van der Waals surface area contributed by atoms with Crippen molar-refractivity contribution >= 4 is 11.8 Å². The minimum atomic E-state index is -0.391. The summed E-state index contributed by atoms with van der Waals surface area (Å²) in [6, 6.07) is 0. The molecule has 3 atom stereocenters. The molecule has 0 N–H and O–H groups in total. The molecular weight excluding hydrogens is 180 g/mol. The Bertz CT molecular complexity index is 259. The topological polar surface area (TPSA) is 43.4 Å². The number of carbonyl (C=O) groups excluding carboxylic acids is 2. The maximum absolute atomic E-state index is 11.7. The average Bonchev–Trinajstić information content (AvgIpc) is 2.78. The number of rotatable bonds is 3. The Kier molecular flexibility index (Phi) is 2.57. The Hall–Kier alpha value is -0.860. The van der Waals surface area contributed by atoms with Gasteiger partial charge in [-0.3, -0.25) is 9.59 Å². The molecule has 3 nitrogen and oxygen atoms in total. The second-order valence-corrected chi connectivity index (χ2v) is 4.50. The molecular formula is C11H16O3. The summed E-state index contributed by atoms with van der Waals surface area (Å²) in [6.07, 6.45) is 4.66. The second kappa shape index (κ2) is 3.71. The van der Waals surface area contributed by atoms with Crippen molar-refractivity contribution in [1.29, 1.82) is 0 Å². The van der Waals surface area contributed by atoms with Crippen molar-refractivity contribution in [3.63, 3.8) is 0 Å². The van der Waals surface area contributed by atoms with E-state index < -0.39 is 5.97 Å². The van der Waals surface area contributed by atoms with Crippen LogP contribution in [0.15, 0.2) is 0 Å². The number of hydrogen-bond acceptors (Lipinski definition) is 3. The molecule has 2 fully saturated rings. The smallest absolute Gasteiger partial charge is 0.313 e. The lowest BCUT2D eigenvalue weighted by molar-refractivity contribution is -0.144. The van der Waals surface area contributed by atoms with Gasteiger partial charge in [-0.25, -0.2) is 0 Å². The second-order valence-electron chi connectivity index (χ2n) is 4.50. The van der Waals surface area contributed by atoms with Crippen LogP contribution in [0.25, 0.3) is 0 Å². The van der Waals surface area contributed by atoms with Crippen molar-refractivity contribution in [1.82, 2.24) is 0 Å². The highest BCUT2D eigenvalue weighted by Crippen LogP contribution is 2.48. The molecule has 2 rings (SSSR count). The van der Waals surface area contributed by atoms with Gasteiger partial charge in [0.1, 0.15) is 12.2 Å². The molecule has 2 saturated carbocycles. The van der Waals surface area contributed by atoms with Gasteiger partial charge in [0.15, 0.2) is 0 Å². The first-order chi connectivity index (χ1) is 6.70. The monoisotopic (exact) mass is 196 g/mol. The van der Waals surface area contributed by atoms with E-state index in [-0.39, 0.29) is 18.1 Å². The standard InChI is InChI=1S/C11H16O3/c1-14-11(13)6-10(12)9-5-7-2-3-8(9)4-7/h7-9H,2-6H2,1H3. The van der Waals surface area contributed by atoms with E-state index in [0.29, 0.717) is 5.92 Å². The highest BCUT2D eigenvalue weighted by Gasteiger charge is 2.43. The van der Waals surface area contributed by atoms with Crippen LogP contribution in [0.1, 0.15) is 32.1 Å². The predicted octanol–water partition coefficient (Wildman–Crippen LogP) is 1.55. The molecule has 2 aliphatic rings. The number of ketones is 1. The van der Waals surface area contributed by atoms with Crippen LogP contribution in [0.5, 0.6) is 0 Å². The van der Waals surface area contributed by atoms with Crippen LogP contribution in [0.3, 0.4) is 0 Å². The van der Waals surface area contributed by atoms with Crippen molar-refractivity contribution in [2.45, 2.75) is 32.1 Å². The molecule has 0 aromatic rings. The van der Waals surface area contributed by atoms with Gasteiger partial charge in [0.2, 0.25) is 0 Å². The molecule has 0 saturated heterocycles. The zero-order valence-corrected chi connectivity index (χ0v) is 8.49. The highest BCUT2D eigenvalue weighted by molar-refractivity contribution is 5.97. The fraction of sp³-hybridized carbons (Fsp3) is 0.818. The molecule has 0 aromatic carbocycles. The first-order valence-corrected chi connectivity index (χ1v) is 5.30. The fourth-order valence-electron chi connectivity index (χ4n) is 2.98. The average molecular weight is 196 g/mol. The van der Waals surface area contributed by atoms with Crippen LogP contribution in [-0.4, -0.2) is 18.9 Å². The van der Waals surface area contributed by atoms with Gasteiger partial charge in [0, 0.05) is 5.92 Å². The van der Waals surface area contributed by atoms with Gasteiger partial charge >= 0.3 is 5.97 Å². The summed E-state index contributed by atoms with van der Waals surface area (Å²) in [6.45, 7) is 0. The van der Waals surface area contributed by atoms with Crippen LogP contribution in [-0.2, 0) is 14.3 Å². The third-order valence-corrected chi connectivity index (χ3v) is 3.70. The van der Waals surface area contributed by atoms with Crippen molar-refractivity contribution in [2.75, 3.05) is 7.11 Å². The fourth-order valence-corrected chi connectivity index (χ4v) is 2.98. The van der Waals surface area contributed by atoms with Gasteiger partial charge < -0.3 is 4.74 Å². The van der Waals surface area contributed by atoms with E-state index in [9.17, 15) is 9.59 Å². The van der Waals surface area contributed by atoms with Gasteiger partial charge in [0.25, 0.3) is 0 Å². The number of esters is 1. The molecule has 2 bridgehead atoms. The summed E-state index contributed by atoms with van der Waals surface area (Å²) in [5.74, 6) is 1.19. The van der Waals surface area contributed by atoms with E-state index >= 15 is 0 Å². The van der Waals surface area contributed by atoms with E-state index in [1.54, 1.807) is 0 Å². The molecule has 2 aliphatic carbocycles. The van der Waals surface area contributed by atoms with Crippen LogP contribution in [0, 0.1) is 17.8 Å². The first-order valence-electron chi connectivity index (χ1n) is 5.30. The quantitative estimate of drug-likeness (QED) is 0.508. The molecule has 0 amide bonds.